The van der Waals surface area contributed by atoms with Gasteiger partial charge < -0.3 is 14.5 Å². The number of carbonyl (C=O) groups is 2. The van der Waals surface area contributed by atoms with Crippen LogP contribution in [-0.4, -0.2) is 34.4 Å². The third-order valence-corrected chi connectivity index (χ3v) is 2.94. The number of hydrogen-bond acceptors (Lipinski definition) is 4. The molecule has 2 aromatic rings. The molecule has 0 radical (unpaired) electrons. The van der Waals surface area contributed by atoms with Crippen molar-refractivity contribution < 1.29 is 14.3 Å². The summed E-state index contributed by atoms with van der Waals surface area (Å²) >= 11 is 0. The Hall–Kier alpha value is -2.37. The Bertz CT molecular complexity index is 588. The zero-order valence-corrected chi connectivity index (χ0v) is 12.0. The second-order valence-electron chi connectivity index (χ2n) is 4.63. The Balaban J connectivity index is 1.73. The summed E-state index contributed by atoms with van der Waals surface area (Å²) in [6, 6.07) is 5.70. The van der Waals surface area contributed by atoms with E-state index in [4.69, 9.17) is 4.74 Å². The van der Waals surface area contributed by atoms with Crippen LogP contribution in [0.3, 0.4) is 0 Å². The van der Waals surface area contributed by atoms with E-state index >= 15 is 0 Å². The molecule has 1 amide bonds. The summed E-state index contributed by atoms with van der Waals surface area (Å²) in [6.07, 6.45) is 4.87. The lowest BCUT2D eigenvalue weighted by molar-refractivity contribution is -0.143. The van der Waals surface area contributed by atoms with E-state index in [2.05, 4.69) is 10.3 Å². The zero-order valence-electron chi connectivity index (χ0n) is 12.0. The number of amides is 1. The highest BCUT2D eigenvalue weighted by Gasteiger charge is 2.07. The molecule has 0 aliphatic heterocycles. The molecule has 0 aromatic carbocycles. The predicted molar refractivity (Wildman–Crippen MR) is 77.8 cm³/mol. The van der Waals surface area contributed by atoms with Gasteiger partial charge in [-0.25, -0.2) is 4.98 Å². The molecule has 0 bridgehead atoms. The monoisotopic (exact) mass is 289 g/mol. The summed E-state index contributed by atoms with van der Waals surface area (Å²) in [7, 11) is 0. The molecule has 0 fully saturated rings. The highest BCUT2D eigenvalue weighted by atomic mass is 16.5. The smallest absolute Gasteiger partial charge is 0.305 e. The number of nitrogens with one attached hydrogen (secondary N) is 1. The lowest BCUT2D eigenvalue weighted by Gasteiger charge is -2.04. The molecule has 2 rings (SSSR count). The van der Waals surface area contributed by atoms with Crippen molar-refractivity contribution in [2.24, 2.45) is 0 Å². The number of rotatable bonds is 7. The third kappa shape index (κ3) is 4.59. The number of pyridine rings is 1. The highest BCUT2D eigenvalue weighted by Crippen LogP contribution is 2.05. The van der Waals surface area contributed by atoms with Gasteiger partial charge in [-0.2, -0.15) is 0 Å². The first-order chi connectivity index (χ1) is 10.2. The van der Waals surface area contributed by atoms with Crippen LogP contribution in [0, 0.1) is 0 Å². The molecule has 1 N–H and O–H groups in total. The van der Waals surface area contributed by atoms with Crippen molar-refractivity contribution in [2.75, 3.05) is 13.2 Å². The van der Waals surface area contributed by atoms with Gasteiger partial charge in [-0.1, -0.05) is 6.07 Å². The number of fused-ring (bicyclic) bond motifs is 1. The van der Waals surface area contributed by atoms with Crippen LogP contribution in [0.25, 0.3) is 5.65 Å². The topological polar surface area (TPSA) is 72.7 Å². The Morgan fingerprint density at radius 2 is 2.24 bits per heavy atom. The van der Waals surface area contributed by atoms with Gasteiger partial charge in [-0.15, -0.1) is 0 Å². The Morgan fingerprint density at radius 3 is 3.00 bits per heavy atom. The van der Waals surface area contributed by atoms with E-state index in [0.29, 0.717) is 26.0 Å². The van der Waals surface area contributed by atoms with Gasteiger partial charge in [0.25, 0.3) is 0 Å². The van der Waals surface area contributed by atoms with Crippen LogP contribution in [0.5, 0.6) is 0 Å². The Labute approximate surface area is 123 Å². The molecule has 6 nitrogen and oxygen atoms in total. The minimum Gasteiger partial charge on any atom is -0.466 e. The summed E-state index contributed by atoms with van der Waals surface area (Å²) in [6.45, 7) is 2.62. The molecule has 0 aliphatic rings. The fourth-order valence-corrected chi connectivity index (χ4v) is 1.99. The first-order valence-corrected chi connectivity index (χ1v) is 7.04. The molecular formula is C15H19N3O3. The highest BCUT2D eigenvalue weighted by molar-refractivity contribution is 5.78. The average molecular weight is 289 g/mol. The van der Waals surface area contributed by atoms with E-state index in [1.165, 1.54) is 0 Å². The Kier molecular flexibility index (Phi) is 5.31. The zero-order chi connectivity index (χ0) is 15.1. The number of ether oxygens (including phenoxy) is 1. The summed E-state index contributed by atoms with van der Waals surface area (Å²) < 4.78 is 6.69. The van der Waals surface area contributed by atoms with Gasteiger partial charge in [0.05, 0.1) is 18.7 Å². The molecule has 6 heteroatoms. The quantitative estimate of drug-likeness (QED) is 0.616. The third-order valence-electron chi connectivity index (χ3n) is 2.94. The van der Waals surface area contributed by atoms with Crippen LogP contribution in [0.4, 0.5) is 0 Å². The molecule has 0 aliphatic carbocycles. The van der Waals surface area contributed by atoms with Crippen molar-refractivity contribution in [3.05, 3.63) is 36.3 Å². The molecule has 0 unspecified atom stereocenters. The fourth-order valence-electron chi connectivity index (χ4n) is 1.99. The first-order valence-electron chi connectivity index (χ1n) is 7.04. The van der Waals surface area contributed by atoms with Crippen molar-refractivity contribution in [3.63, 3.8) is 0 Å². The molecule has 2 aromatic heterocycles. The summed E-state index contributed by atoms with van der Waals surface area (Å²) in [5.41, 5.74) is 1.55. The lowest BCUT2D eigenvalue weighted by atomic mass is 10.3. The molecule has 0 saturated heterocycles. The van der Waals surface area contributed by atoms with Crippen molar-refractivity contribution in [2.45, 2.75) is 26.2 Å². The number of imidazole rings is 1. The van der Waals surface area contributed by atoms with Gasteiger partial charge in [0.2, 0.25) is 5.91 Å². The van der Waals surface area contributed by atoms with Gasteiger partial charge in [-0.05, 0) is 25.5 Å². The Morgan fingerprint density at radius 1 is 1.38 bits per heavy atom. The predicted octanol–water partition coefficient (Wildman–Crippen LogP) is 1.34. The molecule has 0 atom stereocenters. The molecule has 112 valence electrons. The largest absolute Gasteiger partial charge is 0.466 e. The summed E-state index contributed by atoms with van der Waals surface area (Å²) in [5.74, 6) is -0.325. The maximum Gasteiger partial charge on any atom is 0.305 e. The first kappa shape index (κ1) is 15.0. The van der Waals surface area contributed by atoms with Gasteiger partial charge in [-0.3, -0.25) is 9.59 Å². The molecule has 21 heavy (non-hydrogen) atoms. The lowest BCUT2D eigenvalue weighted by Crippen LogP contribution is -2.26. The standard InChI is InChI=1S/C15H19N3O3/c1-2-21-15(20)7-5-8-16-14(19)10-12-11-18-9-4-3-6-13(18)17-12/h3-4,6,9,11H,2,5,7-8,10H2,1H3,(H,16,19). The van der Waals surface area contributed by atoms with Crippen LogP contribution in [0.2, 0.25) is 0 Å². The second kappa shape index (κ2) is 7.42. The number of hydrogen-bond donors (Lipinski definition) is 1. The van der Waals surface area contributed by atoms with E-state index in [-0.39, 0.29) is 18.3 Å². The van der Waals surface area contributed by atoms with Gasteiger partial charge in [0.1, 0.15) is 5.65 Å². The fraction of sp³-hybridized carbons (Fsp3) is 0.400. The maximum absolute atomic E-state index is 11.8. The summed E-state index contributed by atoms with van der Waals surface area (Å²) in [4.78, 5) is 27.3. The molecule has 0 saturated carbocycles. The normalized spacial score (nSPS) is 10.5. The van der Waals surface area contributed by atoms with Gasteiger partial charge >= 0.3 is 5.97 Å². The minimum absolute atomic E-state index is 0.0951. The molecular weight excluding hydrogens is 270 g/mol. The van der Waals surface area contributed by atoms with Crippen LogP contribution in [0.15, 0.2) is 30.6 Å². The van der Waals surface area contributed by atoms with Crippen molar-refractivity contribution >= 4 is 17.5 Å². The van der Waals surface area contributed by atoms with Crippen molar-refractivity contribution in [1.82, 2.24) is 14.7 Å². The van der Waals surface area contributed by atoms with Crippen LogP contribution >= 0.6 is 0 Å². The van der Waals surface area contributed by atoms with Gasteiger partial charge in [0.15, 0.2) is 0 Å². The maximum atomic E-state index is 11.8. The number of carbonyl (C=O) groups excluding carboxylic acids is 2. The average Bonchev–Trinajstić information content (AvgIpc) is 2.86. The van der Waals surface area contributed by atoms with E-state index < -0.39 is 0 Å². The molecule has 2 heterocycles. The van der Waals surface area contributed by atoms with E-state index in [1.54, 1.807) is 6.92 Å². The number of aromatic nitrogens is 2. The number of esters is 1. The van der Waals surface area contributed by atoms with Crippen LogP contribution in [-0.2, 0) is 20.7 Å². The van der Waals surface area contributed by atoms with Crippen molar-refractivity contribution in [3.8, 4) is 0 Å². The van der Waals surface area contributed by atoms with Crippen LogP contribution < -0.4 is 5.32 Å². The van der Waals surface area contributed by atoms with Crippen molar-refractivity contribution in [1.29, 1.82) is 0 Å². The SMILES string of the molecule is CCOC(=O)CCCNC(=O)Cc1cn2ccccc2n1. The van der Waals surface area contributed by atoms with Gasteiger partial charge in [0, 0.05) is 25.4 Å². The summed E-state index contributed by atoms with van der Waals surface area (Å²) in [5, 5.41) is 2.78. The van der Waals surface area contributed by atoms with Crippen LogP contribution in [0.1, 0.15) is 25.5 Å². The van der Waals surface area contributed by atoms with E-state index in [1.807, 2.05) is 35.0 Å². The second-order valence-corrected chi connectivity index (χ2v) is 4.63. The minimum atomic E-state index is -0.230. The number of nitrogens with zero attached hydrogens (tertiary/aromatic N) is 2. The van der Waals surface area contributed by atoms with E-state index in [0.717, 1.165) is 11.3 Å². The van der Waals surface area contributed by atoms with E-state index in [9.17, 15) is 9.59 Å². The molecule has 0 spiro atoms.